The van der Waals surface area contributed by atoms with Crippen molar-refractivity contribution in [3.8, 4) is 0 Å². The second-order valence-electron chi connectivity index (χ2n) is 60.2. The van der Waals surface area contributed by atoms with Crippen LogP contribution < -0.4 is 36.0 Å². The van der Waals surface area contributed by atoms with Crippen molar-refractivity contribution in [3.05, 3.63) is 262 Å². The SMILES string of the molecule is Cc1cc2c(cc1N(c1cc(N(c3ccc4c(c3)C(C)(C)CCC4(C)C)c3cc4c(cc3C)C(C)(C)CCC4(C)C)cc(C(C)(C)C)c1)c1ccc3c(c1)C(C)(C)CCC3(C)C)C(C)(C)CCC2(C)C.Cc1cc2c(cc1N1c3cc4c(cc3B3c5cc6c(cc5N(c5cc7c(cc5C)C(C)(C)CCC7(C)C)c5cc(C(C)(C)C)cc1c53)C(C)(C)CCC6(C)C)C(C)(C)CCC4(C)C)C(C)(C)CCC2(C)C. The minimum Gasteiger partial charge on any atom is -0.311 e. The third-order valence-electron chi connectivity index (χ3n) is 40.0. The first-order chi connectivity index (χ1) is 64.6. The summed E-state index contributed by atoms with van der Waals surface area (Å²) in [6.07, 6.45) is 19.1. The van der Waals surface area contributed by atoms with Gasteiger partial charge in [-0.2, -0.15) is 0 Å². The van der Waals surface area contributed by atoms with Gasteiger partial charge in [-0.3, -0.25) is 0 Å². The van der Waals surface area contributed by atoms with Crippen molar-refractivity contribution in [1.29, 1.82) is 0 Å². The minimum absolute atomic E-state index is 0.0590. The first-order valence-electron chi connectivity index (χ1n) is 55.5. The van der Waals surface area contributed by atoms with Gasteiger partial charge in [0.05, 0.1) is 0 Å². The number of hydrogen-bond acceptors (Lipinski definition) is 4. The monoisotopic (exact) mass is 1880 g/mol. The van der Waals surface area contributed by atoms with E-state index in [9.17, 15) is 0 Å². The molecule has 10 aromatic rings. The van der Waals surface area contributed by atoms with Crippen molar-refractivity contribution in [2.75, 3.05) is 19.6 Å². The summed E-state index contributed by atoms with van der Waals surface area (Å²) in [5.74, 6) is 0. The van der Waals surface area contributed by atoms with Crippen LogP contribution in [0.25, 0.3) is 0 Å². The predicted molar refractivity (Wildman–Crippen MR) is 615 cm³/mol. The molecule has 0 N–H and O–H groups in total. The second kappa shape index (κ2) is 32.0. The molecule has 0 spiro atoms. The Morgan fingerprint density at radius 1 is 0.199 bits per heavy atom. The maximum Gasteiger partial charge on any atom is 0.252 e. The molecular formula is C136H181BN4. The average molecular weight is 1880 g/mol. The van der Waals surface area contributed by atoms with Crippen LogP contribution in [0.15, 0.2) is 140 Å². The Hall–Kier alpha value is -8.54. The Balaban J connectivity index is 0.000000179. The summed E-state index contributed by atoms with van der Waals surface area (Å²) in [7, 11) is 0. The summed E-state index contributed by atoms with van der Waals surface area (Å²) in [4.78, 5) is 11.0. The number of fused-ring (bicyclic) bond motifs is 12. The minimum atomic E-state index is -0.125. The fourth-order valence-corrected chi connectivity index (χ4v) is 28.4. The molecule has 748 valence electrons. The molecule has 10 aromatic carbocycles. The van der Waals surface area contributed by atoms with Crippen molar-refractivity contribution in [2.45, 2.75) is 491 Å². The molecule has 0 atom stereocenters. The van der Waals surface area contributed by atoms with Crippen LogP contribution in [-0.2, 0) is 97.5 Å². The second-order valence-corrected chi connectivity index (χ2v) is 60.2. The van der Waals surface area contributed by atoms with Gasteiger partial charge < -0.3 is 19.6 Å². The smallest absolute Gasteiger partial charge is 0.252 e. The van der Waals surface area contributed by atoms with Gasteiger partial charge in [0, 0.05) is 68.2 Å². The van der Waals surface area contributed by atoms with E-state index in [0.29, 0.717) is 0 Å². The van der Waals surface area contributed by atoms with Gasteiger partial charge in [-0.05, 0) is 458 Å². The van der Waals surface area contributed by atoms with E-state index in [1.54, 1.807) is 11.1 Å². The summed E-state index contributed by atoms with van der Waals surface area (Å²) in [5, 5.41) is 0. The van der Waals surface area contributed by atoms with E-state index in [0.717, 1.165) is 0 Å². The van der Waals surface area contributed by atoms with E-state index in [1.165, 1.54) is 299 Å². The molecule has 0 bridgehead atoms. The zero-order valence-electron chi connectivity index (χ0n) is 96.5. The lowest BCUT2D eigenvalue weighted by atomic mass is 9.32. The Kier molecular flexibility index (Phi) is 22.9. The normalized spacial score (nSPS) is 22.2. The van der Waals surface area contributed by atoms with Gasteiger partial charge >= 0.3 is 0 Å². The molecule has 20 rings (SSSR count). The fraction of sp³-hybridized carbons (Fsp3) is 0.559. The molecule has 10 aliphatic rings. The number of benzene rings is 10. The van der Waals surface area contributed by atoms with E-state index in [4.69, 9.17) is 0 Å². The number of rotatable bonds is 8. The zero-order chi connectivity index (χ0) is 103. The Morgan fingerprint density at radius 3 is 0.660 bits per heavy atom. The first-order valence-corrected chi connectivity index (χ1v) is 55.5. The molecule has 0 radical (unpaired) electrons. The van der Waals surface area contributed by atoms with Gasteiger partial charge in [-0.25, -0.2) is 0 Å². The lowest BCUT2D eigenvalue weighted by Gasteiger charge is -2.50. The van der Waals surface area contributed by atoms with E-state index < -0.39 is 0 Å². The van der Waals surface area contributed by atoms with Crippen molar-refractivity contribution in [1.82, 2.24) is 0 Å². The van der Waals surface area contributed by atoms with Crippen LogP contribution in [0.4, 0.5) is 68.2 Å². The largest absolute Gasteiger partial charge is 0.311 e. The molecule has 141 heavy (non-hydrogen) atoms. The highest BCUT2D eigenvalue weighted by atomic mass is 15.2. The molecule has 0 aromatic heterocycles. The number of anilines is 12. The summed E-state index contributed by atoms with van der Waals surface area (Å²) >= 11 is 0. The molecule has 0 saturated heterocycles. The fourth-order valence-electron chi connectivity index (χ4n) is 28.4. The first kappa shape index (κ1) is 101. The molecule has 0 unspecified atom stereocenters. The van der Waals surface area contributed by atoms with Gasteiger partial charge in [0.1, 0.15) is 0 Å². The molecule has 8 aliphatic carbocycles. The van der Waals surface area contributed by atoms with Gasteiger partial charge in [-0.1, -0.05) is 312 Å². The van der Waals surface area contributed by atoms with E-state index in [2.05, 4.69) is 450 Å². The highest BCUT2D eigenvalue weighted by Gasteiger charge is 2.53. The van der Waals surface area contributed by atoms with Gasteiger partial charge in [0.2, 0.25) is 0 Å². The molecule has 2 aliphatic heterocycles. The topological polar surface area (TPSA) is 13.0 Å². The quantitative estimate of drug-likeness (QED) is 0.141. The van der Waals surface area contributed by atoms with Crippen LogP contribution in [0, 0.1) is 27.7 Å². The van der Waals surface area contributed by atoms with E-state index in [1.807, 2.05) is 0 Å². The highest BCUT2D eigenvalue weighted by Crippen LogP contribution is 2.62. The Morgan fingerprint density at radius 2 is 0.404 bits per heavy atom. The van der Waals surface area contributed by atoms with Crippen LogP contribution in [0.3, 0.4) is 0 Å². The lowest BCUT2D eigenvalue weighted by Crippen LogP contribution is -2.62. The molecular weight excluding hydrogens is 1700 g/mol. The van der Waals surface area contributed by atoms with E-state index in [-0.39, 0.29) is 104 Å². The summed E-state index contributed by atoms with van der Waals surface area (Å²) in [6.45, 7) is 104. The van der Waals surface area contributed by atoms with Crippen LogP contribution in [0.5, 0.6) is 0 Å². The van der Waals surface area contributed by atoms with Crippen molar-refractivity contribution in [3.63, 3.8) is 0 Å². The highest BCUT2D eigenvalue weighted by molar-refractivity contribution is 7.00. The van der Waals surface area contributed by atoms with Crippen LogP contribution >= 0.6 is 0 Å². The van der Waals surface area contributed by atoms with Gasteiger partial charge in [0.15, 0.2) is 0 Å². The van der Waals surface area contributed by atoms with Crippen LogP contribution in [0.2, 0.25) is 0 Å². The van der Waals surface area contributed by atoms with Crippen molar-refractivity contribution >= 4 is 91.3 Å². The lowest BCUT2D eigenvalue weighted by molar-refractivity contribution is 0.331. The summed E-state index contributed by atoms with van der Waals surface area (Å²) in [6, 6.07) is 59.9. The van der Waals surface area contributed by atoms with Crippen LogP contribution in [0.1, 0.15) is 488 Å². The number of nitrogens with zero attached hydrogens (tertiary/aromatic N) is 4. The number of aryl methyl sites for hydroxylation is 4. The molecule has 0 saturated carbocycles. The maximum absolute atomic E-state index is 2.81. The Bertz CT molecular complexity index is 6440. The summed E-state index contributed by atoms with van der Waals surface area (Å²) < 4.78 is 0. The van der Waals surface area contributed by atoms with Gasteiger partial charge in [0.25, 0.3) is 6.71 Å². The zero-order valence-corrected chi connectivity index (χ0v) is 96.5. The maximum atomic E-state index is 2.81. The van der Waals surface area contributed by atoms with Crippen molar-refractivity contribution < 1.29 is 0 Å². The molecule has 0 amide bonds. The molecule has 5 heteroatoms. The predicted octanol–water partition coefficient (Wildman–Crippen LogP) is 37.0. The average Bonchev–Trinajstić information content (AvgIpc) is 0.675. The van der Waals surface area contributed by atoms with Crippen molar-refractivity contribution in [2.24, 2.45) is 0 Å². The van der Waals surface area contributed by atoms with Crippen LogP contribution in [-0.4, -0.2) is 6.71 Å². The van der Waals surface area contributed by atoms with Gasteiger partial charge in [-0.15, -0.1) is 0 Å². The third kappa shape index (κ3) is 16.5. The molecule has 2 heterocycles. The number of hydrogen-bond donors (Lipinski definition) is 0. The third-order valence-corrected chi connectivity index (χ3v) is 40.0. The molecule has 0 fully saturated rings. The van der Waals surface area contributed by atoms with E-state index >= 15 is 0 Å². The standard InChI is InChI=1S/C68H89BN2.C68H92N2/c1-40-30-43-47(65(14,15)26-22-61(43,6)7)36-53(40)70-55-38-49-45(63(10,11)24-28-67(49,18)19)34-51(55)69-52-35-46-50(68(20,21)29-25-64(46,12)13)39-56(52)71(58-33-42(60(3,4)5)32-57(70)59(58)69)54-37-48-44(31-41(54)2)62(8,9)23-27-66(48,16)17;1-43-34-52-56(67(18,19)32-30-63(52,10)11)41-58(43)69(46-22-24-50-54(39-46)65(14,15)28-26-61(50,6)7)48-36-45(60(3,4)5)37-49(38-48)70(47-23-25-51-55(40-47)66(16,17)29-27-62(51,8)9)59-42-57-53(35-44(59)2)64(12,13)31-33-68(57,20)21/h30-39H,22-29H2,1-21H3;22-25,34-42H,26-33H2,1-21H3. The molecule has 4 nitrogen and oxygen atoms in total. The summed E-state index contributed by atoms with van der Waals surface area (Å²) in [5.41, 5.74) is 53.7. The Labute approximate surface area is 857 Å².